The Hall–Kier alpha value is -4.20. The van der Waals surface area contributed by atoms with Gasteiger partial charge in [0, 0.05) is 152 Å². The number of benzene rings is 3. The van der Waals surface area contributed by atoms with Crippen LogP contribution in [0.4, 0.5) is 0 Å². The molecule has 5 aromatic rings. The third-order valence-corrected chi connectivity index (χ3v) is 22.3. The van der Waals surface area contributed by atoms with Crippen molar-refractivity contribution in [2.24, 2.45) is 22.7 Å². The number of piperidine rings is 3. The third-order valence-electron chi connectivity index (χ3n) is 18.6. The van der Waals surface area contributed by atoms with Gasteiger partial charge >= 0.3 is 0 Å². The van der Waals surface area contributed by atoms with E-state index in [9.17, 15) is 0 Å². The number of allylic oxidation sites excluding steroid dienone is 3. The molecular weight excluding hydrogens is 1340 g/mol. The van der Waals surface area contributed by atoms with Crippen molar-refractivity contribution in [3.8, 4) is 0 Å². The van der Waals surface area contributed by atoms with E-state index in [1.54, 1.807) is 7.11 Å². The van der Waals surface area contributed by atoms with Gasteiger partial charge in [-0.15, -0.1) is 13.0 Å². The smallest absolute Gasteiger partial charge is 0.173 e. The number of rotatable bonds is 14. The lowest BCUT2D eigenvalue weighted by molar-refractivity contribution is -0.164. The molecule has 14 rings (SSSR count). The maximum Gasteiger partial charge on any atom is 0.173 e. The Morgan fingerprint density at radius 1 is 0.505 bits per heavy atom. The molecule has 480 valence electrons. The molecule has 0 saturated carbocycles. The topological polar surface area (TPSA) is 134 Å². The first kappa shape index (κ1) is 66.8. The van der Waals surface area contributed by atoms with Crippen molar-refractivity contribution in [1.29, 1.82) is 0 Å². The van der Waals surface area contributed by atoms with Gasteiger partial charge < -0.3 is 20.4 Å². The van der Waals surface area contributed by atoms with Crippen molar-refractivity contribution in [2.75, 3.05) is 113 Å². The van der Waals surface area contributed by atoms with Crippen LogP contribution in [0.15, 0.2) is 119 Å². The third kappa shape index (κ3) is 16.0. The van der Waals surface area contributed by atoms with E-state index in [-0.39, 0.29) is 17.8 Å². The van der Waals surface area contributed by atoms with Gasteiger partial charge in [0.05, 0.1) is 38.6 Å². The van der Waals surface area contributed by atoms with E-state index in [0.29, 0.717) is 17.8 Å². The summed E-state index contributed by atoms with van der Waals surface area (Å²) in [7, 11) is 4.61. The van der Waals surface area contributed by atoms with Crippen molar-refractivity contribution in [3.63, 3.8) is 0 Å². The van der Waals surface area contributed by atoms with E-state index < -0.39 is 0 Å². The van der Waals surface area contributed by atoms with Crippen molar-refractivity contribution < 1.29 is 27.7 Å². The highest BCUT2D eigenvalue weighted by atomic mass is 79.9. The van der Waals surface area contributed by atoms with E-state index >= 15 is 0 Å². The first-order valence-corrected chi connectivity index (χ1v) is 35.4. The van der Waals surface area contributed by atoms with E-state index in [0.717, 1.165) is 172 Å². The van der Waals surface area contributed by atoms with Gasteiger partial charge in [-0.1, -0.05) is 81.1 Å². The highest BCUT2D eigenvalue weighted by Crippen LogP contribution is 2.50. The Bertz CT molecular complexity index is 3510. The molecule has 9 aliphatic rings. The quantitative estimate of drug-likeness (QED) is 0.0359. The summed E-state index contributed by atoms with van der Waals surface area (Å²) < 4.78 is 22.9. The van der Waals surface area contributed by atoms with Crippen LogP contribution >= 0.6 is 87.4 Å². The number of hydrogen-bond donors (Lipinski definition) is 2. The molecule has 0 amide bonds. The predicted octanol–water partition coefficient (Wildman–Crippen LogP) is 14.6. The molecule has 0 radical (unpaired) electrons. The van der Waals surface area contributed by atoms with Crippen molar-refractivity contribution in [2.45, 2.75) is 56.3 Å². The standard InChI is InChI=1S/C24H28ClN4O2S.C24H29ClN4O2S.C20H20BrClN2O2S/c1-30-31-32-29-11-6-17(7-12-29)23-20-5-4-19(25)15-18(20)16-22(28-13-9-26-10-14-28)21-3-2-8-27-24(21)23;1-30-31-32-29-11-6-17(7-12-29)23-20-5-4-19(25)16-21(20)22(28-13-9-26-10-14-28)15-18-3-2-8-27-24(18)23;1-25-26-27-24-9-6-13(7-10-24)19-16-5-4-15(22)11-14(16)12-18(21)17-3-2-8-23-20(17)19/h3-5,8,15-17,23,26H,6-7,9-14H2,1H3;2-5,8,15-17,23,26H,6-7,9-14H2,1H3;2-5,8,11-13,19H,6-7,9-10H2,1H3/q+1;;. The average Bonchev–Trinajstić information content (AvgIpc) is 1.71. The summed E-state index contributed by atoms with van der Waals surface area (Å²) >= 11 is 26.9. The summed E-state index contributed by atoms with van der Waals surface area (Å²) in [6, 6.07) is 27.4. The Labute approximate surface area is 572 Å². The van der Waals surface area contributed by atoms with Crippen molar-refractivity contribution in [1.82, 2.24) is 43.3 Å². The molecule has 2 N–H and O–H groups in total. The zero-order valence-electron chi connectivity index (χ0n) is 51.4. The van der Waals surface area contributed by atoms with Gasteiger partial charge in [-0.3, -0.25) is 9.97 Å². The molecular formula is C68H77BrCl3N10O6S3+. The summed E-state index contributed by atoms with van der Waals surface area (Å²) in [6.07, 6.45) is 24.2. The lowest BCUT2D eigenvalue weighted by Gasteiger charge is -2.36. The van der Waals surface area contributed by atoms with Gasteiger partial charge in [0.2, 0.25) is 0 Å². The fraction of sp³-hybridized carbons (Fsp3) is 0.426. The van der Waals surface area contributed by atoms with Crippen LogP contribution in [0.25, 0.3) is 28.4 Å². The number of fused-ring (bicyclic) bond motifs is 5. The Kier molecular flexibility index (Phi) is 23.9. The molecule has 6 aliphatic heterocycles. The number of nitrogens with one attached hydrogen (secondary N) is 2. The Morgan fingerprint density at radius 2 is 0.967 bits per heavy atom. The van der Waals surface area contributed by atoms with Gasteiger partial charge in [0.15, 0.2) is 17.9 Å². The molecule has 0 spiro atoms. The number of hydrogen-bond acceptors (Lipinski definition) is 19. The number of aromatic nitrogens is 2. The van der Waals surface area contributed by atoms with Crippen LogP contribution in [0.2, 0.25) is 15.1 Å². The molecule has 8 heterocycles. The van der Waals surface area contributed by atoms with E-state index in [1.165, 1.54) is 107 Å². The molecule has 0 bridgehead atoms. The highest BCUT2D eigenvalue weighted by molar-refractivity contribution is 9.15. The monoisotopic (exact) mass is 1410 g/mol. The molecule has 5 fully saturated rings. The summed E-state index contributed by atoms with van der Waals surface area (Å²) in [4.78, 5) is 33.9. The maximum absolute atomic E-state index is 6.54. The molecule has 16 nitrogen and oxygen atoms in total. The second kappa shape index (κ2) is 32.5. The van der Waals surface area contributed by atoms with Crippen LogP contribution < -0.4 is 10.6 Å². The lowest BCUT2D eigenvalue weighted by Crippen LogP contribution is -2.43. The molecule has 5 saturated heterocycles. The SMILES string of the molecule is COOSN1CCC(C2C3=C(C=[C+]C=N3)C(N3CCNCC3)=Cc3cc(Cl)ccc32)CC1.COOSN1CCC(C2c3ccc(Cl)cc3C(N3CCNCC3)=Cc3cccnc32)CC1.COOSN1CCC(C2c3ccc(Cl)cc3C=C(Br)c3cccnc32)CC1. The lowest BCUT2D eigenvalue weighted by atomic mass is 9.76. The van der Waals surface area contributed by atoms with Crippen LogP contribution in [0.5, 0.6) is 0 Å². The molecule has 2 aromatic heterocycles. The fourth-order valence-electron chi connectivity index (χ4n) is 14.4. The number of piperazine rings is 2. The number of nitrogens with zero attached hydrogens (tertiary/aromatic N) is 8. The summed E-state index contributed by atoms with van der Waals surface area (Å²) in [5, 5.41) is 9.24. The van der Waals surface area contributed by atoms with Gasteiger partial charge in [-0.2, -0.15) is 0 Å². The van der Waals surface area contributed by atoms with E-state index in [4.69, 9.17) is 77.4 Å². The molecule has 23 heteroatoms. The Morgan fingerprint density at radius 3 is 1.53 bits per heavy atom. The van der Waals surface area contributed by atoms with Crippen molar-refractivity contribution in [3.05, 3.63) is 191 Å². The van der Waals surface area contributed by atoms with Crippen molar-refractivity contribution >= 4 is 122 Å². The normalized spacial score (nSPS) is 22.3. The van der Waals surface area contributed by atoms with Crippen LogP contribution in [-0.2, 0) is 27.7 Å². The molecule has 3 atom stereocenters. The molecule has 3 aromatic carbocycles. The number of aliphatic imine (C=N–C) groups is 1. The number of pyridine rings is 2. The minimum Gasteiger partial charge on any atom is -0.368 e. The largest absolute Gasteiger partial charge is 0.368 e. The molecule has 3 aliphatic carbocycles. The summed E-state index contributed by atoms with van der Waals surface area (Å²) in [5.41, 5.74) is 17.1. The van der Waals surface area contributed by atoms with Gasteiger partial charge in [-0.25, -0.2) is 32.6 Å². The van der Waals surface area contributed by atoms with E-state index in [1.807, 2.05) is 48.9 Å². The zero-order chi connectivity index (χ0) is 62.6. The van der Waals surface area contributed by atoms with E-state index in [2.05, 4.69) is 128 Å². The highest BCUT2D eigenvalue weighted by Gasteiger charge is 2.42. The Balaban J connectivity index is 0.000000133. The van der Waals surface area contributed by atoms with Gasteiger partial charge in [0.25, 0.3) is 0 Å². The first-order valence-electron chi connectivity index (χ1n) is 31.4. The maximum atomic E-state index is 6.54. The van der Waals surface area contributed by atoms with Crippen LogP contribution in [0.1, 0.15) is 112 Å². The second-order valence-electron chi connectivity index (χ2n) is 23.7. The number of halogens is 4. The minimum absolute atomic E-state index is 0.221. The summed E-state index contributed by atoms with van der Waals surface area (Å²) in [6.45, 7) is 13.6. The second-order valence-corrected chi connectivity index (χ2v) is 28.3. The van der Waals surface area contributed by atoms with Crippen LogP contribution in [-0.4, -0.2) is 152 Å². The van der Waals surface area contributed by atoms with Gasteiger partial charge in [-0.05, 0) is 156 Å². The first-order chi connectivity index (χ1) is 44.7. The summed E-state index contributed by atoms with van der Waals surface area (Å²) in [5.74, 6) is 2.20. The van der Waals surface area contributed by atoms with Crippen LogP contribution in [0.3, 0.4) is 0 Å². The molecule has 3 unspecified atom stereocenters. The minimum atomic E-state index is 0.221. The van der Waals surface area contributed by atoms with Gasteiger partial charge in [0.1, 0.15) is 54.2 Å². The van der Waals surface area contributed by atoms with Crippen LogP contribution in [0, 0.1) is 23.8 Å². The molecule has 91 heavy (non-hydrogen) atoms. The average molecular weight is 1410 g/mol. The predicted molar refractivity (Wildman–Crippen MR) is 374 cm³/mol. The fourth-order valence-corrected chi connectivity index (χ4v) is 17.0. The zero-order valence-corrected chi connectivity index (χ0v) is 57.7.